The Morgan fingerprint density at radius 2 is 1.95 bits per heavy atom. The van der Waals surface area contributed by atoms with E-state index in [0.29, 0.717) is 9.23 Å². The number of aromatic nitrogens is 1. The minimum absolute atomic E-state index is 0.0551. The van der Waals surface area contributed by atoms with Gasteiger partial charge in [-0.3, -0.25) is 9.69 Å². The maximum atomic E-state index is 12.6. The lowest BCUT2D eigenvalue weighted by Gasteiger charge is -2.14. The molecule has 0 bridgehead atoms. The van der Waals surface area contributed by atoms with E-state index < -0.39 is 0 Å². The summed E-state index contributed by atoms with van der Waals surface area (Å²) in [6.45, 7) is 2.11. The summed E-state index contributed by atoms with van der Waals surface area (Å²) < 4.78 is 2.55. The summed E-state index contributed by atoms with van der Waals surface area (Å²) in [6, 6.07) is 11.9. The summed E-state index contributed by atoms with van der Waals surface area (Å²) in [5, 5.41) is 0. The molecule has 0 saturated carbocycles. The first-order valence-corrected chi connectivity index (χ1v) is 8.31. The van der Waals surface area contributed by atoms with Gasteiger partial charge < -0.3 is 4.57 Å². The Hall–Kier alpha value is -1.85. The Balaban J connectivity index is 1.91. The van der Waals surface area contributed by atoms with E-state index in [9.17, 15) is 4.79 Å². The molecule has 3 rings (SSSR count). The number of aryl methyl sites for hydroxylation is 2. The number of thiocarbonyl (C=S) groups is 1. The second kappa shape index (κ2) is 6.10. The molecule has 3 nitrogen and oxygen atoms in total. The third-order valence-corrected chi connectivity index (χ3v) is 4.96. The van der Waals surface area contributed by atoms with Crippen LogP contribution < -0.4 is 4.90 Å². The standard InChI is InChI=1S/C17H16N2OS2/c1-3-12-6-8-13(9-7-12)19-16(20)15(22-17(19)21)11-14-5-4-10-18(14)2/h4-11H,3H2,1-2H3/b15-11+. The average Bonchev–Trinajstić information content (AvgIpc) is 3.04. The number of hydrogen-bond donors (Lipinski definition) is 0. The fraction of sp³-hybridized carbons (Fsp3) is 0.176. The minimum atomic E-state index is -0.0551. The summed E-state index contributed by atoms with van der Waals surface area (Å²) >= 11 is 6.74. The molecule has 1 saturated heterocycles. The number of hydrogen-bond acceptors (Lipinski definition) is 3. The SMILES string of the molecule is CCc1ccc(N2C(=O)/C(=C\c3cccn3C)SC2=S)cc1. The molecule has 0 atom stereocenters. The van der Waals surface area contributed by atoms with E-state index in [0.717, 1.165) is 17.8 Å². The zero-order chi connectivity index (χ0) is 15.7. The quantitative estimate of drug-likeness (QED) is 0.629. The Labute approximate surface area is 139 Å². The van der Waals surface area contributed by atoms with Crippen LogP contribution in [0.5, 0.6) is 0 Å². The van der Waals surface area contributed by atoms with Gasteiger partial charge in [-0.05, 0) is 42.3 Å². The van der Waals surface area contributed by atoms with Gasteiger partial charge in [-0.25, -0.2) is 0 Å². The van der Waals surface area contributed by atoms with Gasteiger partial charge >= 0.3 is 0 Å². The number of benzene rings is 1. The Bertz CT molecular complexity index is 759. The van der Waals surface area contributed by atoms with E-state index in [1.807, 2.05) is 60.3 Å². The van der Waals surface area contributed by atoms with E-state index in [1.54, 1.807) is 4.90 Å². The third kappa shape index (κ3) is 2.74. The summed E-state index contributed by atoms with van der Waals surface area (Å²) in [7, 11) is 1.95. The predicted molar refractivity (Wildman–Crippen MR) is 96.9 cm³/mol. The van der Waals surface area contributed by atoms with Crippen LogP contribution in [-0.2, 0) is 18.3 Å². The molecule has 112 valence electrons. The Morgan fingerprint density at radius 3 is 2.55 bits per heavy atom. The lowest BCUT2D eigenvalue weighted by Crippen LogP contribution is -2.27. The largest absolute Gasteiger partial charge is 0.351 e. The predicted octanol–water partition coefficient (Wildman–Crippen LogP) is 3.99. The highest BCUT2D eigenvalue weighted by Crippen LogP contribution is 2.36. The maximum absolute atomic E-state index is 12.6. The molecule has 5 heteroatoms. The molecule has 2 heterocycles. The van der Waals surface area contributed by atoms with Crippen molar-refractivity contribution in [3.8, 4) is 0 Å². The maximum Gasteiger partial charge on any atom is 0.270 e. The van der Waals surface area contributed by atoms with Crippen molar-refractivity contribution < 1.29 is 4.79 Å². The highest BCUT2D eigenvalue weighted by atomic mass is 32.2. The number of carbonyl (C=O) groups excluding carboxylic acids is 1. The molecule has 1 aliphatic heterocycles. The second-order valence-corrected chi connectivity index (χ2v) is 6.76. The van der Waals surface area contributed by atoms with E-state index in [2.05, 4.69) is 6.92 Å². The van der Waals surface area contributed by atoms with Crippen molar-refractivity contribution >= 4 is 46.0 Å². The first kappa shape index (κ1) is 15.1. The molecular weight excluding hydrogens is 312 g/mol. The molecule has 0 unspecified atom stereocenters. The van der Waals surface area contributed by atoms with Crippen molar-refractivity contribution in [2.45, 2.75) is 13.3 Å². The Morgan fingerprint density at radius 1 is 1.23 bits per heavy atom. The van der Waals surface area contributed by atoms with Crippen LogP contribution in [0.3, 0.4) is 0 Å². The van der Waals surface area contributed by atoms with Crippen molar-refractivity contribution in [3.05, 3.63) is 58.8 Å². The second-order valence-electron chi connectivity index (χ2n) is 5.08. The van der Waals surface area contributed by atoms with E-state index >= 15 is 0 Å². The summed E-state index contributed by atoms with van der Waals surface area (Å²) in [6.07, 6.45) is 4.82. The van der Waals surface area contributed by atoms with Gasteiger partial charge in [-0.15, -0.1) is 0 Å². The lowest BCUT2D eigenvalue weighted by atomic mass is 10.1. The number of rotatable bonds is 3. The monoisotopic (exact) mass is 328 g/mol. The molecule has 0 spiro atoms. The molecular formula is C17H16N2OS2. The van der Waals surface area contributed by atoms with Crippen molar-refractivity contribution in [1.82, 2.24) is 4.57 Å². The molecule has 0 N–H and O–H groups in total. The molecule has 1 fully saturated rings. The summed E-state index contributed by atoms with van der Waals surface area (Å²) in [5.41, 5.74) is 3.06. The van der Waals surface area contributed by atoms with Gasteiger partial charge in [-0.1, -0.05) is 43.0 Å². The molecule has 1 aliphatic rings. The number of thioether (sulfide) groups is 1. The smallest absolute Gasteiger partial charge is 0.270 e. The van der Waals surface area contributed by atoms with Gasteiger partial charge in [0.1, 0.15) is 0 Å². The van der Waals surface area contributed by atoms with Gasteiger partial charge in [0.15, 0.2) is 4.32 Å². The van der Waals surface area contributed by atoms with Crippen molar-refractivity contribution in [1.29, 1.82) is 0 Å². The van der Waals surface area contributed by atoms with Crippen molar-refractivity contribution in [3.63, 3.8) is 0 Å². The zero-order valence-corrected chi connectivity index (χ0v) is 14.1. The van der Waals surface area contributed by atoms with Crippen molar-refractivity contribution in [2.24, 2.45) is 7.05 Å². The molecule has 22 heavy (non-hydrogen) atoms. The molecule has 1 amide bonds. The highest BCUT2D eigenvalue weighted by Gasteiger charge is 2.33. The average molecular weight is 328 g/mol. The van der Waals surface area contributed by atoms with Gasteiger partial charge in [-0.2, -0.15) is 0 Å². The highest BCUT2D eigenvalue weighted by molar-refractivity contribution is 8.27. The van der Waals surface area contributed by atoms with Crippen LogP contribution in [0.2, 0.25) is 0 Å². The van der Waals surface area contributed by atoms with E-state index in [4.69, 9.17) is 12.2 Å². The molecule has 0 aliphatic carbocycles. The van der Waals surface area contributed by atoms with Crippen molar-refractivity contribution in [2.75, 3.05) is 4.90 Å². The van der Waals surface area contributed by atoms with Crippen LogP contribution >= 0.6 is 24.0 Å². The first-order valence-electron chi connectivity index (χ1n) is 7.08. The van der Waals surface area contributed by atoms with E-state index in [-0.39, 0.29) is 5.91 Å². The van der Waals surface area contributed by atoms with Gasteiger partial charge in [0, 0.05) is 18.9 Å². The fourth-order valence-corrected chi connectivity index (χ4v) is 3.61. The number of nitrogens with zero attached hydrogens (tertiary/aromatic N) is 2. The Kier molecular flexibility index (Phi) is 4.18. The third-order valence-electron chi connectivity index (χ3n) is 3.66. The van der Waals surface area contributed by atoms with Crippen LogP contribution in [0.25, 0.3) is 6.08 Å². The van der Waals surface area contributed by atoms with Gasteiger partial charge in [0.05, 0.1) is 10.6 Å². The molecule has 1 aromatic carbocycles. The van der Waals surface area contributed by atoms with Gasteiger partial charge in [0.2, 0.25) is 0 Å². The van der Waals surface area contributed by atoms with Crippen LogP contribution in [0, 0.1) is 0 Å². The number of amides is 1. The summed E-state index contributed by atoms with van der Waals surface area (Å²) in [5.74, 6) is -0.0551. The van der Waals surface area contributed by atoms with E-state index in [1.165, 1.54) is 17.3 Å². The number of carbonyl (C=O) groups is 1. The zero-order valence-electron chi connectivity index (χ0n) is 12.4. The molecule has 2 aromatic rings. The normalized spacial score (nSPS) is 16.8. The minimum Gasteiger partial charge on any atom is -0.351 e. The molecule has 0 radical (unpaired) electrons. The van der Waals surface area contributed by atoms with Crippen LogP contribution in [0.15, 0.2) is 47.5 Å². The van der Waals surface area contributed by atoms with Crippen LogP contribution in [0.4, 0.5) is 5.69 Å². The fourth-order valence-electron chi connectivity index (χ4n) is 2.33. The lowest BCUT2D eigenvalue weighted by molar-refractivity contribution is -0.113. The molecule has 1 aromatic heterocycles. The topological polar surface area (TPSA) is 25.2 Å². The van der Waals surface area contributed by atoms with Crippen LogP contribution in [-0.4, -0.2) is 14.8 Å². The summed E-state index contributed by atoms with van der Waals surface area (Å²) in [4.78, 5) is 14.9. The van der Waals surface area contributed by atoms with Crippen LogP contribution in [0.1, 0.15) is 18.2 Å². The van der Waals surface area contributed by atoms with Gasteiger partial charge in [0.25, 0.3) is 5.91 Å². The first-order chi connectivity index (χ1) is 10.6. The number of anilines is 1.